The Labute approximate surface area is 280 Å². The van der Waals surface area contributed by atoms with Crippen molar-refractivity contribution in [3.8, 4) is 0 Å². The summed E-state index contributed by atoms with van der Waals surface area (Å²) in [6, 6.07) is -0.137. The number of amides is 3. The molecule has 0 aromatic heterocycles. The van der Waals surface area contributed by atoms with Crippen LogP contribution in [0, 0.1) is 5.92 Å². The summed E-state index contributed by atoms with van der Waals surface area (Å²) in [5, 5.41) is 19.6. The van der Waals surface area contributed by atoms with E-state index in [1.807, 2.05) is 26.0 Å². The van der Waals surface area contributed by atoms with E-state index < -0.39 is 29.9 Å². The number of alkyl halides is 2. The molecule has 254 valence electrons. The highest BCUT2D eigenvalue weighted by molar-refractivity contribution is 9.09. The fourth-order valence-electron chi connectivity index (χ4n) is 5.39. The van der Waals surface area contributed by atoms with Gasteiger partial charge in [0.15, 0.2) is 0 Å². The topological polar surface area (TPSA) is 152 Å². The third-order valence-electron chi connectivity index (χ3n) is 7.77. The van der Waals surface area contributed by atoms with Crippen LogP contribution in [0.5, 0.6) is 0 Å². The fraction of sp³-hybridized carbons (Fsp3) is 0.688. The summed E-state index contributed by atoms with van der Waals surface area (Å²) in [5.41, 5.74) is -0.144. The zero-order chi connectivity index (χ0) is 33.6. The molecule has 8 atom stereocenters. The smallest absolute Gasteiger partial charge is 0.303 e. The number of rotatable bonds is 15. The van der Waals surface area contributed by atoms with Gasteiger partial charge >= 0.3 is 5.97 Å². The van der Waals surface area contributed by atoms with Crippen LogP contribution in [0.15, 0.2) is 36.0 Å². The van der Waals surface area contributed by atoms with Gasteiger partial charge in [-0.15, -0.1) is 11.6 Å². The van der Waals surface area contributed by atoms with Crippen molar-refractivity contribution in [3.63, 3.8) is 0 Å². The zero-order valence-corrected chi connectivity index (χ0v) is 29.2. The molecule has 11 nitrogen and oxygen atoms in total. The van der Waals surface area contributed by atoms with Crippen molar-refractivity contribution in [1.29, 1.82) is 0 Å². The van der Waals surface area contributed by atoms with E-state index >= 15 is 0 Å². The van der Waals surface area contributed by atoms with Gasteiger partial charge in [-0.25, -0.2) is 0 Å². The van der Waals surface area contributed by atoms with Crippen molar-refractivity contribution in [2.24, 2.45) is 5.92 Å². The predicted molar refractivity (Wildman–Crippen MR) is 176 cm³/mol. The van der Waals surface area contributed by atoms with Crippen LogP contribution in [0.25, 0.3) is 0 Å². The summed E-state index contributed by atoms with van der Waals surface area (Å²) in [4.78, 5) is 47.2. The lowest BCUT2D eigenvalue weighted by molar-refractivity contribution is -0.143. The summed E-state index contributed by atoms with van der Waals surface area (Å²) in [7, 11) is 0. The van der Waals surface area contributed by atoms with Gasteiger partial charge in [-0.2, -0.15) is 0 Å². The summed E-state index contributed by atoms with van der Waals surface area (Å²) >= 11 is 9.17. The van der Waals surface area contributed by atoms with Gasteiger partial charge < -0.3 is 35.3 Å². The Balaban J connectivity index is 1.87. The molecule has 2 fully saturated rings. The lowest BCUT2D eigenvalue weighted by atomic mass is 9.87. The van der Waals surface area contributed by atoms with Gasteiger partial charge in [0.25, 0.3) is 0 Å². The Kier molecular flexibility index (Phi) is 16.8. The van der Waals surface area contributed by atoms with E-state index in [2.05, 4.69) is 44.9 Å². The highest BCUT2D eigenvalue weighted by Crippen LogP contribution is 2.32. The lowest BCUT2D eigenvalue weighted by Crippen LogP contribution is -2.50. The molecule has 13 heteroatoms. The molecule has 0 aromatic rings. The molecule has 2 saturated heterocycles. The van der Waals surface area contributed by atoms with Crippen LogP contribution in [0.2, 0.25) is 0 Å². The maximum atomic E-state index is 12.4. The minimum atomic E-state index is -1.15. The number of aliphatic hydroxyl groups is 1. The van der Waals surface area contributed by atoms with Gasteiger partial charge in [-0.05, 0) is 45.6 Å². The third kappa shape index (κ3) is 14.8. The number of esters is 1. The summed E-state index contributed by atoms with van der Waals surface area (Å²) in [6.45, 7) is 9.66. The van der Waals surface area contributed by atoms with Crippen molar-refractivity contribution in [2.75, 3.05) is 24.3 Å². The second kappa shape index (κ2) is 19.4. The third-order valence-corrected chi connectivity index (χ3v) is 8.78. The lowest BCUT2D eigenvalue weighted by Gasteiger charge is -2.39. The SMILES string of the molecule is CC(=O)OC(C)/C=C\C(=O)NC1CC(C)C(C/C=C(C)/C=C/C2CC(O)(CCl)C[C@@H](CC(=O)NCCNC(=O)CBr)O2)OC1C. The molecule has 7 unspecified atom stereocenters. The number of allylic oxidation sites excluding steroid dienone is 2. The van der Waals surface area contributed by atoms with Crippen molar-refractivity contribution in [2.45, 2.75) is 109 Å². The Morgan fingerprint density at radius 3 is 2.42 bits per heavy atom. The summed E-state index contributed by atoms with van der Waals surface area (Å²) in [6.07, 6.45) is 9.36. The average Bonchev–Trinajstić information content (AvgIpc) is 2.97. The van der Waals surface area contributed by atoms with E-state index in [4.69, 9.17) is 25.8 Å². The average molecular weight is 719 g/mol. The first-order valence-corrected chi connectivity index (χ1v) is 17.1. The molecular weight excluding hydrogens is 670 g/mol. The molecule has 2 rings (SSSR count). The summed E-state index contributed by atoms with van der Waals surface area (Å²) in [5.74, 6) is -0.808. The molecule has 0 bridgehead atoms. The number of hydrogen-bond acceptors (Lipinski definition) is 8. The van der Waals surface area contributed by atoms with Crippen molar-refractivity contribution < 1.29 is 38.5 Å². The van der Waals surface area contributed by atoms with Crippen LogP contribution >= 0.6 is 27.5 Å². The minimum Gasteiger partial charge on any atom is -0.459 e. The normalized spacial score (nSPS) is 29.7. The Morgan fingerprint density at radius 1 is 1.09 bits per heavy atom. The molecule has 0 aliphatic carbocycles. The number of hydrogen-bond donors (Lipinski definition) is 4. The van der Waals surface area contributed by atoms with E-state index in [1.165, 1.54) is 13.0 Å². The number of ether oxygens (including phenoxy) is 3. The molecule has 4 N–H and O–H groups in total. The monoisotopic (exact) mass is 717 g/mol. The van der Waals surface area contributed by atoms with Crippen LogP contribution in [-0.4, -0.2) is 95.3 Å². The van der Waals surface area contributed by atoms with Crippen LogP contribution in [0.3, 0.4) is 0 Å². The van der Waals surface area contributed by atoms with Crippen LogP contribution < -0.4 is 16.0 Å². The van der Waals surface area contributed by atoms with Crippen LogP contribution in [0.4, 0.5) is 0 Å². The molecule has 45 heavy (non-hydrogen) atoms. The van der Waals surface area contributed by atoms with E-state index in [9.17, 15) is 24.3 Å². The molecule has 2 aliphatic heterocycles. The highest BCUT2D eigenvalue weighted by atomic mass is 79.9. The van der Waals surface area contributed by atoms with Gasteiger partial charge in [0.2, 0.25) is 17.7 Å². The van der Waals surface area contributed by atoms with Crippen molar-refractivity contribution in [3.05, 3.63) is 36.0 Å². The molecule has 0 spiro atoms. The van der Waals surface area contributed by atoms with Gasteiger partial charge in [-0.3, -0.25) is 19.2 Å². The molecule has 3 amide bonds. The van der Waals surface area contributed by atoms with E-state index in [0.29, 0.717) is 25.9 Å². The Bertz CT molecular complexity index is 1100. The van der Waals surface area contributed by atoms with Crippen LogP contribution in [0.1, 0.15) is 66.7 Å². The van der Waals surface area contributed by atoms with Gasteiger partial charge in [0.1, 0.15) is 6.10 Å². The Hall–Kier alpha value is -2.25. The van der Waals surface area contributed by atoms with E-state index in [0.717, 1.165) is 12.0 Å². The number of nitrogens with one attached hydrogen (secondary N) is 3. The van der Waals surface area contributed by atoms with E-state index in [1.54, 1.807) is 13.0 Å². The number of carbonyl (C=O) groups excluding carboxylic acids is 4. The maximum Gasteiger partial charge on any atom is 0.303 e. The van der Waals surface area contributed by atoms with Crippen LogP contribution in [-0.2, 0) is 33.4 Å². The molecular formula is C32H49BrClN3O8. The predicted octanol–water partition coefficient (Wildman–Crippen LogP) is 3.22. The van der Waals surface area contributed by atoms with E-state index in [-0.39, 0.29) is 65.9 Å². The summed E-state index contributed by atoms with van der Waals surface area (Å²) < 4.78 is 17.4. The first-order valence-electron chi connectivity index (χ1n) is 15.4. The van der Waals surface area contributed by atoms with Gasteiger partial charge in [-0.1, -0.05) is 46.7 Å². The minimum absolute atomic E-state index is 0.0148. The number of carbonyl (C=O) groups is 4. The highest BCUT2D eigenvalue weighted by Gasteiger charge is 2.39. The second-order valence-corrected chi connectivity index (χ2v) is 12.9. The standard InChI is InChI=1S/C32H49BrClN3O8/c1-20(7-10-28-21(2)14-27(23(4)44-28)37-29(39)11-8-22(3)43-24(5)38)6-9-25-16-32(42,19-34)17-26(45-25)15-30(40)35-12-13-36-31(41)18-33/h6-9,11,21-23,25-28,42H,10,12-19H2,1-5H3,(H,35,40)(H,36,41)(H,37,39)/b9-6+,11-8-,20-7+/t21?,22?,23?,25?,26-,27?,28?,32?/m1/s1. The fourth-order valence-corrected chi connectivity index (χ4v) is 5.81. The van der Waals surface area contributed by atoms with Gasteiger partial charge in [0, 0.05) is 38.9 Å². The first kappa shape index (κ1) is 38.9. The molecule has 0 saturated carbocycles. The largest absolute Gasteiger partial charge is 0.459 e. The Morgan fingerprint density at radius 2 is 1.78 bits per heavy atom. The molecule has 2 aliphatic rings. The second-order valence-electron chi connectivity index (χ2n) is 12.0. The zero-order valence-electron chi connectivity index (χ0n) is 26.9. The maximum absolute atomic E-state index is 12.4. The van der Waals surface area contributed by atoms with Crippen molar-refractivity contribution in [1.82, 2.24) is 16.0 Å². The number of halogens is 2. The molecule has 2 heterocycles. The molecule has 0 aromatic carbocycles. The first-order chi connectivity index (χ1) is 21.2. The molecule has 0 radical (unpaired) electrons. The van der Waals surface area contributed by atoms with Crippen molar-refractivity contribution >= 4 is 51.2 Å². The van der Waals surface area contributed by atoms with Gasteiger partial charge in [0.05, 0.1) is 53.7 Å². The quantitative estimate of drug-likeness (QED) is 0.0663.